The predicted octanol–water partition coefficient (Wildman–Crippen LogP) is 1.97. The van der Waals surface area contributed by atoms with Crippen molar-refractivity contribution in [1.82, 2.24) is 19.5 Å². The van der Waals surface area contributed by atoms with Crippen LogP contribution in [0, 0.1) is 0 Å². The number of ketones is 1. The maximum absolute atomic E-state index is 13.5. The fourth-order valence-electron chi connectivity index (χ4n) is 5.05. The SMILES string of the molecule is CCCC(NC(=O)c1cc2ccccc2o1)C(=O)N1CCC2C1C(=O)CN2S(=O)(=O)c1cccnc1. The third-order valence-electron chi connectivity index (χ3n) is 6.73. The number of amides is 2. The second-order valence-electron chi connectivity index (χ2n) is 9.00. The Kier molecular flexibility index (Phi) is 6.35. The molecule has 3 atom stereocenters. The summed E-state index contributed by atoms with van der Waals surface area (Å²) in [7, 11) is -3.94. The fourth-order valence-corrected chi connectivity index (χ4v) is 6.64. The third-order valence-corrected chi connectivity index (χ3v) is 8.59. The number of fused-ring (bicyclic) bond motifs is 2. The van der Waals surface area contributed by atoms with Gasteiger partial charge in [0.25, 0.3) is 5.91 Å². The normalized spacial score (nSPS) is 21.0. The number of pyridine rings is 1. The quantitative estimate of drug-likeness (QED) is 0.514. The lowest BCUT2D eigenvalue weighted by Crippen LogP contribution is -2.52. The standard InChI is InChI=1S/C25H26N4O6S/c1-2-6-18(27-24(31)22-13-16-7-3-4-9-21(16)35-22)25(32)28-12-10-19-23(28)20(30)15-29(19)36(33,34)17-8-5-11-26-14-17/h3-5,7-9,11,13-14,18-19,23H,2,6,10,12,15H2,1H3,(H,27,31). The number of nitrogens with zero attached hydrogens (tertiary/aromatic N) is 3. The number of sulfonamides is 1. The molecule has 3 unspecified atom stereocenters. The number of rotatable bonds is 7. The lowest BCUT2D eigenvalue weighted by molar-refractivity contribution is -0.138. The van der Waals surface area contributed by atoms with Crippen LogP contribution in [0.2, 0.25) is 0 Å². The average Bonchev–Trinajstić information content (AvgIpc) is 3.59. The number of furan rings is 1. The van der Waals surface area contributed by atoms with E-state index in [9.17, 15) is 22.8 Å². The minimum absolute atomic E-state index is 0.00480. The van der Waals surface area contributed by atoms with Gasteiger partial charge in [-0.05, 0) is 37.1 Å². The summed E-state index contributed by atoms with van der Waals surface area (Å²) in [6, 6.07) is 9.38. The van der Waals surface area contributed by atoms with Crippen molar-refractivity contribution in [3.63, 3.8) is 0 Å². The molecule has 36 heavy (non-hydrogen) atoms. The molecule has 1 aromatic carbocycles. The molecule has 188 valence electrons. The summed E-state index contributed by atoms with van der Waals surface area (Å²) in [5.41, 5.74) is 0.565. The Bertz CT molecular complexity index is 1390. The van der Waals surface area contributed by atoms with Crippen LogP contribution in [0.5, 0.6) is 0 Å². The number of carbonyl (C=O) groups excluding carboxylic acids is 3. The molecule has 0 bridgehead atoms. The van der Waals surface area contributed by atoms with Crippen molar-refractivity contribution in [2.45, 2.75) is 49.2 Å². The van der Waals surface area contributed by atoms with Gasteiger partial charge in [-0.1, -0.05) is 31.5 Å². The van der Waals surface area contributed by atoms with E-state index in [1.807, 2.05) is 19.1 Å². The Balaban J connectivity index is 1.34. The van der Waals surface area contributed by atoms with E-state index in [4.69, 9.17) is 4.42 Å². The fraction of sp³-hybridized carbons (Fsp3) is 0.360. The zero-order chi connectivity index (χ0) is 25.4. The van der Waals surface area contributed by atoms with Gasteiger partial charge < -0.3 is 14.6 Å². The predicted molar refractivity (Wildman–Crippen MR) is 129 cm³/mol. The van der Waals surface area contributed by atoms with E-state index in [2.05, 4.69) is 10.3 Å². The van der Waals surface area contributed by atoms with Gasteiger partial charge in [0.2, 0.25) is 15.9 Å². The minimum Gasteiger partial charge on any atom is -0.451 e. The van der Waals surface area contributed by atoms with E-state index < -0.39 is 40.0 Å². The van der Waals surface area contributed by atoms with Crippen LogP contribution in [-0.2, 0) is 19.6 Å². The van der Waals surface area contributed by atoms with Crippen LogP contribution >= 0.6 is 0 Å². The Morgan fingerprint density at radius 3 is 2.75 bits per heavy atom. The van der Waals surface area contributed by atoms with E-state index in [0.717, 1.165) is 5.39 Å². The van der Waals surface area contributed by atoms with E-state index >= 15 is 0 Å². The first kappa shape index (κ1) is 24.1. The van der Waals surface area contributed by atoms with Crippen molar-refractivity contribution in [2.75, 3.05) is 13.1 Å². The zero-order valence-corrected chi connectivity index (χ0v) is 20.5. The molecular formula is C25H26N4O6S. The highest BCUT2D eigenvalue weighted by atomic mass is 32.2. The summed E-state index contributed by atoms with van der Waals surface area (Å²) in [6.45, 7) is 1.81. The Hall–Kier alpha value is -3.57. The van der Waals surface area contributed by atoms with Crippen LogP contribution < -0.4 is 5.32 Å². The molecule has 5 rings (SSSR count). The van der Waals surface area contributed by atoms with Crippen LogP contribution in [0.1, 0.15) is 36.7 Å². The maximum atomic E-state index is 13.5. The van der Waals surface area contributed by atoms with Crippen molar-refractivity contribution >= 4 is 38.6 Å². The molecule has 2 aliphatic heterocycles. The summed E-state index contributed by atoms with van der Waals surface area (Å²) in [4.78, 5) is 44.7. The first-order valence-electron chi connectivity index (χ1n) is 11.9. The number of hydrogen-bond donors (Lipinski definition) is 1. The third kappa shape index (κ3) is 4.18. The minimum atomic E-state index is -3.94. The number of nitrogens with one attached hydrogen (secondary N) is 1. The number of carbonyl (C=O) groups is 3. The molecule has 2 aliphatic rings. The van der Waals surface area contributed by atoms with Crippen LogP contribution in [0.4, 0.5) is 0 Å². The number of aromatic nitrogens is 1. The summed E-state index contributed by atoms with van der Waals surface area (Å²) in [5.74, 6) is -1.16. The Labute approximate surface area is 208 Å². The van der Waals surface area contributed by atoms with E-state index in [1.165, 1.54) is 33.7 Å². The largest absolute Gasteiger partial charge is 0.451 e. The highest BCUT2D eigenvalue weighted by molar-refractivity contribution is 7.89. The highest BCUT2D eigenvalue weighted by Crippen LogP contribution is 2.34. The molecule has 11 heteroatoms. The van der Waals surface area contributed by atoms with Crippen molar-refractivity contribution in [3.8, 4) is 0 Å². The van der Waals surface area contributed by atoms with E-state index in [-0.39, 0.29) is 29.5 Å². The van der Waals surface area contributed by atoms with Gasteiger partial charge in [-0.3, -0.25) is 19.4 Å². The van der Waals surface area contributed by atoms with Crippen LogP contribution in [-0.4, -0.2) is 71.4 Å². The van der Waals surface area contributed by atoms with Gasteiger partial charge in [-0.2, -0.15) is 4.31 Å². The Morgan fingerprint density at radius 1 is 1.22 bits per heavy atom. The van der Waals surface area contributed by atoms with Crippen molar-refractivity contribution < 1.29 is 27.2 Å². The molecule has 2 aromatic heterocycles. The molecule has 0 radical (unpaired) electrons. The molecule has 10 nitrogen and oxygen atoms in total. The first-order valence-corrected chi connectivity index (χ1v) is 13.3. The Morgan fingerprint density at radius 2 is 2.03 bits per heavy atom. The van der Waals surface area contributed by atoms with Gasteiger partial charge in [0.05, 0.1) is 12.6 Å². The van der Waals surface area contributed by atoms with Gasteiger partial charge in [0, 0.05) is 24.3 Å². The van der Waals surface area contributed by atoms with Crippen molar-refractivity contribution in [2.24, 2.45) is 0 Å². The van der Waals surface area contributed by atoms with Gasteiger partial charge in [-0.15, -0.1) is 0 Å². The topological polar surface area (TPSA) is 130 Å². The molecule has 1 N–H and O–H groups in total. The summed E-state index contributed by atoms with van der Waals surface area (Å²) in [6.07, 6.45) is 4.03. The lowest BCUT2D eigenvalue weighted by atomic mass is 10.1. The zero-order valence-electron chi connectivity index (χ0n) is 19.7. The second-order valence-corrected chi connectivity index (χ2v) is 10.9. The molecule has 0 spiro atoms. The number of Topliss-reactive ketones (excluding diaryl/α,β-unsaturated/α-hetero) is 1. The molecule has 0 saturated carbocycles. The number of para-hydroxylation sites is 1. The van der Waals surface area contributed by atoms with E-state index in [0.29, 0.717) is 24.8 Å². The second kappa shape index (κ2) is 9.47. The first-order chi connectivity index (χ1) is 17.3. The smallest absolute Gasteiger partial charge is 0.287 e. The summed E-state index contributed by atoms with van der Waals surface area (Å²) < 4.78 is 33.1. The molecule has 4 heterocycles. The molecule has 2 fully saturated rings. The molecule has 2 saturated heterocycles. The number of hydrogen-bond acceptors (Lipinski definition) is 7. The molecule has 0 aliphatic carbocycles. The van der Waals surface area contributed by atoms with Crippen LogP contribution in [0.3, 0.4) is 0 Å². The van der Waals surface area contributed by atoms with Crippen molar-refractivity contribution in [3.05, 3.63) is 60.6 Å². The highest BCUT2D eigenvalue weighted by Gasteiger charge is 2.54. The average molecular weight is 511 g/mol. The van der Waals surface area contributed by atoms with Crippen LogP contribution in [0.15, 0.2) is 64.2 Å². The molecular weight excluding hydrogens is 484 g/mol. The molecule has 2 amide bonds. The summed E-state index contributed by atoms with van der Waals surface area (Å²) in [5, 5.41) is 3.53. The summed E-state index contributed by atoms with van der Waals surface area (Å²) >= 11 is 0. The number of benzene rings is 1. The number of likely N-dealkylation sites (tertiary alicyclic amines) is 1. The molecule has 3 aromatic rings. The van der Waals surface area contributed by atoms with Crippen molar-refractivity contribution in [1.29, 1.82) is 0 Å². The lowest BCUT2D eigenvalue weighted by Gasteiger charge is -2.28. The van der Waals surface area contributed by atoms with Gasteiger partial charge in [0.1, 0.15) is 22.6 Å². The monoisotopic (exact) mass is 510 g/mol. The van der Waals surface area contributed by atoms with Gasteiger partial charge in [0.15, 0.2) is 11.5 Å². The van der Waals surface area contributed by atoms with Crippen LogP contribution in [0.25, 0.3) is 11.0 Å². The van der Waals surface area contributed by atoms with Gasteiger partial charge >= 0.3 is 0 Å². The van der Waals surface area contributed by atoms with E-state index in [1.54, 1.807) is 18.2 Å². The maximum Gasteiger partial charge on any atom is 0.287 e. The van der Waals surface area contributed by atoms with Gasteiger partial charge in [-0.25, -0.2) is 8.42 Å².